The Morgan fingerprint density at radius 1 is 1.24 bits per heavy atom. The monoisotopic (exact) mass is 230 g/mol. The Morgan fingerprint density at radius 2 is 2.00 bits per heavy atom. The van der Waals surface area contributed by atoms with Gasteiger partial charge in [-0.2, -0.15) is 5.10 Å². The van der Waals surface area contributed by atoms with E-state index in [1.807, 2.05) is 31.3 Å². The lowest BCUT2D eigenvalue weighted by Crippen LogP contribution is -2.07. The van der Waals surface area contributed by atoms with Crippen molar-refractivity contribution in [2.45, 2.75) is 32.7 Å². The molecular formula is C13H18N4. The topological polar surface area (TPSA) is 56.7 Å². The van der Waals surface area contributed by atoms with Gasteiger partial charge in [0.05, 0.1) is 5.69 Å². The Labute approximate surface area is 101 Å². The summed E-state index contributed by atoms with van der Waals surface area (Å²) in [7, 11) is 0. The first-order valence-electron chi connectivity index (χ1n) is 5.85. The minimum absolute atomic E-state index is 0.0110. The molecule has 0 aromatic carbocycles. The summed E-state index contributed by atoms with van der Waals surface area (Å²) in [6.07, 6.45) is 3.70. The van der Waals surface area contributed by atoms with E-state index in [1.165, 1.54) is 0 Å². The SMILES string of the molecule is CC(C)c1ccn(-c2cc(C(C)N)ccn2)n1. The number of nitrogens with zero attached hydrogens (tertiary/aromatic N) is 3. The Balaban J connectivity index is 2.35. The number of nitrogens with two attached hydrogens (primary N) is 1. The fraction of sp³-hybridized carbons (Fsp3) is 0.385. The third-order valence-electron chi connectivity index (χ3n) is 2.73. The molecule has 2 aromatic rings. The van der Waals surface area contributed by atoms with E-state index < -0.39 is 0 Å². The van der Waals surface area contributed by atoms with Gasteiger partial charge in [-0.05, 0) is 36.6 Å². The zero-order valence-electron chi connectivity index (χ0n) is 10.5. The van der Waals surface area contributed by atoms with Crippen molar-refractivity contribution in [2.24, 2.45) is 5.73 Å². The highest BCUT2D eigenvalue weighted by Crippen LogP contribution is 2.15. The Hall–Kier alpha value is -1.68. The summed E-state index contributed by atoms with van der Waals surface area (Å²) >= 11 is 0. The maximum atomic E-state index is 5.86. The highest BCUT2D eigenvalue weighted by atomic mass is 15.3. The van der Waals surface area contributed by atoms with Crippen LogP contribution in [0.4, 0.5) is 0 Å². The molecule has 0 bridgehead atoms. The van der Waals surface area contributed by atoms with E-state index >= 15 is 0 Å². The van der Waals surface area contributed by atoms with Gasteiger partial charge in [0.15, 0.2) is 5.82 Å². The van der Waals surface area contributed by atoms with Gasteiger partial charge in [-0.15, -0.1) is 0 Å². The molecule has 0 aliphatic carbocycles. The lowest BCUT2D eigenvalue weighted by Gasteiger charge is -2.07. The van der Waals surface area contributed by atoms with Gasteiger partial charge in [-0.1, -0.05) is 13.8 Å². The largest absolute Gasteiger partial charge is 0.324 e. The van der Waals surface area contributed by atoms with Gasteiger partial charge in [0, 0.05) is 18.4 Å². The van der Waals surface area contributed by atoms with Crippen LogP contribution in [0.25, 0.3) is 5.82 Å². The second-order valence-electron chi connectivity index (χ2n) is 4.58. The van der Waals surface area contributed by atoms with E-state index in [-0.39, 0.29) is 6.04 Å². The van der Waals surface area contributed by atoms with Crippen LogP contribution in [0.2, 0.25) is 0 Å². The van der Waals surface area contributed by atoms with Crippen LogP contribution in [0, 0.1) is 0 Å². The molecule has 2 rings (SSSR count). The zero-order valence-corrected chi connectivity index (χ0v) is 10.5. The molecule has 4 nitrogen and oxygen atoms in total. The maximum Gasteiger partial charge on any atom is 0.153 e. The molecule has 2 N–H and O–H groups in total. The van der Waals surface area contributed by atoms with Crippen molar-refractivity contribution in [3.63, 3.8) is 0 Å². The van der Waals surface area contributed by atoms with Crippen LogP contribution in [0.5, 0.6) is 0 Å². The number of hydrogen-bond donors (Lipinski definition) is 1. The van der Waals surface area contributed by atoms with Crippen molar-refractivity contribution in [3.8, 4) is 5.82 Å². The highest BCUT2D eigenvalue weighted by Gasteiger charge is 2.07. The van der Waals surface area contributed by atoms with Crippen molar-refractivity contribution in [1.82, 2.24) is 14.8 Å². The molecule has 1 atom stereocenters. The third kappa shape index (κ3) is 2.53. The van der Waals surface area contributed by atoms with Gasteiger partial charge in [0.25, 0.3) is 0 Å². The van der Waals surface area contributed by atoms with Crippen LogP contribution in [-0.4, -0.2) is 14.8 Å². The second kappa shape index (κ2) is 4.67. The van der Waals surface area contributed by atoms with Gasteiger partial charge >= 0.3 is 0 Å². The normalized spacial score (nSPS) is 13.0. The standard InChI is InChI=1S/C13H18N4/c1-9(2)12-5-7-17(16-12)13-8-11(10(3)14)4-6-15-13/h4-10H,14H2,1-3H3. The summed E-state index contributed by atoms with van der Waals surface area (Å²) in [5.74, 6) is 1.24. The first-order valence-corrected chi connectivity index (χ1v) is 5.85. The van der Waals surface area contributed by atoms with Crippen molar-refractivity contribution >= 4 is 0 Å². The highest BCUT2D eigenvalue weighted by molar-refractivity contribution is 5.29. The van der Waals surface area contributed by atoms with Crippen LogP contribution < -0.4 is 5.73 Å². The lowest BCUT2D eigenvalue weighted by atomic mass is 10.1. The smallest absolute Gasteiger partial charge is 0.153 e. The van der Waals surface area contributed by atoms with E-state index in [1.54, 1.807) is 10.9 Å². The van der Waals surface area contributed by atoms with Crippen LogP contribution in [0.1, 0.15) is 44.0 Å². The van der Waals surface area contributed by atoms with E-state index in [0.717, 1.165) is 17.1 Å². The first-order chi connectivity index (χ1) is 8.08. The molecule has 1 unspecified atom stereocenters. The zero-order chi connectivity index (χ0) is 12.4. The predicted octanol–water partition coefficient (Wildman–Crippen LogP) is 2.41. The maximum absolute atomic E-state index is 5.86. The Morgan fingerprint density at radius 3 is 2.59 bits per heavy atom. The molecule has 2 heterocycles. The van der Waals surface area contributed by atoms with Crippen LogP contribution in [-0.2, 0) is 0 Å². The summed E-state index contributed by atoms with van der Waals surface area (Å²) in [6.45, 7) is 6.21. The molecule has 90 valence electrons. The lowest BCUT2D eigenvalue weighted by molar-refractivity contribution is 0.751. The molecule has 0 aliphatic heterocycles. The molecule has 0 aliphatic rings. The quantitative estimate of drug-likeness (QED) is 0.881. The van der Waals surface area contributed by atoms with E-state index in [4.69, 9.17) is 5.73 Å². The van der Waals surface area contributed by atoms with E-state index in [0.29, 0.717) is 5.92 Å². The molecule has 0 amide bonds. The van der Waals surface area contributed by atoms with Crippen molar-refractivity contribution in [2.75, 3.05) is 0 Å². The minimum atomic E-state index is 0.0110. The Bertz CT molecular complexity index is 500. The van der Waals surface area contributed by atoms with E-state index in [9.17, 15) is 0 Å². The van der Waals surface area contributed by atoms with Gasteiger partial charge in [0.2, 0.25) is 0 Å². The predicted molar refractivity (Wildman–Crippen MR) is 68.1 cm³/mol. The molecule has 0 fully saturated rings. The van der Waals surface area contributed by atoms with Gasteiger partial charge in [0.1, 0.15) is 0 Å². The molecule has 0 saturated heterocycles. The summed E-state index contributed by atoms with van der Waals surface area (Å²) in [4.78, 5) is 4.31. The third-order valence-corrected chi connectivity index (χ3v) is 2.73. The number of hydrogen-bond acceptors (Lipinski definition) is 3. The van der Waals surface area contributed by atoms with Crippen LogP contribution >= 0.6 is 0 Å². The van der Waals surface area contributed by atoms with Gasteiger partial charge < -0.3 is 5.73 Å². The molecule has 4 heteroatoms. The second-order valence-corrected chi connectivity index (χ2v) is 4.58. The fourth-order valence-corrected chi connectivity index (χ4v) is 1.62. The van der Waals surface area contributed by atoms with Crippen molar-refractivity contribution in [3.05, 3.63) is 41.9 Å². The van der Waals surface area contributed by atoms with Gasteiger partial charge in [-0.3, -0.25) is 0 Å². The molecule has 0 saturated carbocycles. The average Bonchev–Trinajstić information content (AvgIpc) is 2.78. The first kappa shape index (κ1) is 11.8. The van der Waals surface area contributed by atoms with Crippen molar-refractivity contribution in [1.29, 1.82) is 0 Å². The van der Waals surface area contributed by atoms with Gasteiger partial charge in [-0.25, -0.2) is 9.67 Å². The molecule has 17 heavy (non-hydrogen) atoms. The van der Waals surface area contributed by atoms with Crippen LogP contribution in [0.3, 0.4) is 0 Å². The molecule has 0 spiro atoms. The summed E-state index contributed by atoms with van der Waals surface area (Å²) in [5.41, 5.74) is 7.99. The Kier molecular flexibility index (Phi) is 3.24. The molecule has 0 radical (unpaired) electrons. The molecular weight excluding hydrogens is 212 g/mol. The van der Waals surface area contributed by atoms with E-state index in [2.05, 4.69) is 23.9 Å². The number of pyridine rings is 1. The summed E-state index contributed by atoms with van der Waals surface area (Å²) in [6, 6.07) is 5.94. The minimum Gasteiger partial charge on any atom is -0.324 e. The number of rotatable bonds is 3. The fourth-order valence-electron chi connectivity index (χ4n) is 1.62. The summed E-state index contributed by atoms with van der Waals surface area (Å²) < 4.78 is 1.79. The van der Waals surface area contributed by atoms with Crippen LogP contribution in [0.15, 0.2) is 30.6 Å². The molecule has 2 aromatic heterocycles. The average molecular weight is 230 g/mol. The number of aromatic nitrogens is 3. The summed E-state index contributed by atoms with van der Waals surface area (Å²) in [5, 5.41) is 4.49. The van der Waals surface area contributed by atoms with Crippen molar-refractivity contribution < 1.29 is 0 Å².